The molecule has 0 aliphatic carbocycles. The Morgan fingerprint density at radius 1 is 1.22 bits per heavy atom. The molecule has 1 atom stereocenters. The van der Waals surface area contributed by atoms with Crippen molar-refractivity contribution >= 4 is 62.1 Å². The van der Waals surface area contributed by atoms with E-state index in [2.05, 4.69) is 21.0 Å². The summed E-state index contributed by atoms with van der Waals surface area (Å²) in [4.78, 5) is 27.0. The number of halogens is 1. The van der Waals surface area contributed by atoms with Crippen molar-refractivity contribution in [3.05, 3.63) is 39.3 Å². The van der Waals surface area contributed by atoms with Crippen LogP contribution in [0.3, 0.4) is 0 Å². The van der Waals surface area contributed by atoms with E-state index in [1.165, 1.54) is 30.6 Å². The predicted molar refractivity (Wildman–Crippen MR) is 111 cm³/mol. The van der Waals surface area contributed by atoms with Gasteiger partial charge in [0.05, 0.1) is 19.4 Å². The molecule has 2 aliphatic rings. The van der Waals surface area contributed by atoms with Crippen LogP contribution in [-0.4, -0.2) is 47.0 Å². The molecule has 3 rings (SSSR count). The highest BCUT2D eigenvalue weighted by Gasteiger charge is 2.56. The number of esters is 2. The molecule has 2 aliphatic heterocycles. The zero-order chi connectivity index (χ0) is 19.8. The summed E-state index contributed by atoms with van der Waals surface area (Å²) in [6.07, 6.45) is 0. The van der Waals surface area contributed by atoms with E-state index in [4.69, 9.17) is 9.47 Å². The van der Waals surface area contributed by atoms with E-state index in [9.17, 15) is 9.59 Å². The third kappa shape index (κ3) is 3.45. The Labute approximate surface area is 174 Å². The number of carbonyl (C=O) groups is 2. The quantitative estimate of drug-likeness (QED) is 0.616. The first-order valence-corrected chi connectivity index (χ1v) is 10.5. The number of hydrogen-bond donors (Lipinski definition) is 0. The molecular formula is C17H18BrN3O4S2. The number of nitrogens with zero attached hydrogens (tertiary/aromatic N) is 3. The summed E-state index contributed by atoms with van der Waals surface area (Å²) in [6, 6.07) is 7.58. The smallest absolute Gasteiger partial charge is 0.365 e. The van der Waals surface area contributed by atoms with Gasteiger partial charge in [0.2, 0.25) is 9.37 Å². The lowest BCUT2D eigenvalue weighted by Crippen LogP contribution is -2.47. The monoisotopic (exact) mass is 471 g/mol. The molecule has 7 nitrogen and oxygen atoms in total. The molecule has 0 saturated heterocycles. The van der Waals surface area contributed by atoms with Gasteiger partial charge < -0.3 is 14.4 Å². The normalized spacial score (nSPS) is 21.7. The van der Waals surface area contributed by atoms with Crippen molar-refractivity contribution in [1.29, 1.82) is 0 Å². The van der Waals surface area contributed by atoms with Gasteiger partial charge in [0.25, 0.3) is 0 Å². The predicted octanol–water partition coefficient (Wildman–Crippen LogP) is 3.57. The van der Waals surface area contributed by atoms with Gasteiger partial charge in [-0.1, -0.05) is 27.7 Å². The fourth-order valence-corrected chi connectivity index (χ4v) is 5.78. The highest BCUT2D eigenvalue weighted by molar-refractivity contribution is 9.10. The SMILES string of the molecule is CCOC(=O)C1=NN(c2ccc(Br)cc2)[C@]2(S1)SC(C(=O)OC)=C(C)N2C. The molecular weight excluding hydrogens is 454 g/mol. The molecule has 144 valence electrons. The Bertz CT molecular complexity index is 843. The maximum Gasteiger partial charge on any atom is 0.365 e. The van der Waals surface area contributed by atoms with Crippen LogP contribution in [0, 0.1) is 0 Å². The molecule has 2 heterocycles. The van der Waals surface area contributed by atoms with Crippen LogP contribution in [0.5, 0.6) is 0 Å². The first kappa shape index (κ1) is 20.1. The van der Waals surface area contributed by atoms with E-state index in [0.717, 1.165) is 15.9 Å². The highest BCUT2D eigenvalue weighted by Crippen LogP contribution is 2.58. The molecule has 0 N–H and O–H groups in total. The maximum atomic E-state index is 12.3. The second-order valence-electron chi connectivity index (χ2n) is 5.63. The summed E-state index contributed by atoms with van der Waals surface area (Å²) in [5.41, 5.74) is 1.53. The standard InChI is InChI=1S/C17H18BrN3O4S2/c1-5-25-16(23)14-19-21(12-8-6-11(18)7-9-12)17(27-14)20(3)10(2)13(26-17)15(22)24-4/h6-9H,5H2,1-4H3/t17-/m0/s1. The van der Waals surface area contributed by atoms with Gasteiger partial charge in [-0.05, 0) is 49.9 Å². The Hall–Kier alpha value is -1.65. The average molecular weight is 472 g/mol. The van der Waals surface area contributed by atoms with Crippen LogP contribution in [-0.2, 0) is 19.1 Å². The molecule has 0 aromatic heterocycles. The van der Waals surface area contributed by atoms with Crippen LogP contribution >= 0.6 is 39.5 Å². The summed E-state index contributed by atoms with van der Waals surface area (Å²) in [6.45, 7) is 3.85. The zero-order valence-electron chi connectivity index (χ0n) is 15.2. The van der Waals surface area contributed by atoms with Crippen molar-refractivity contribution < 1.29 is 19.1 Å². The van der Waals surface area contributed by atoms with Gasteiger partial charge in [0.15, 0.2) is 0 Å². The second-order valence-corrected chi connectivity index (χ2v) is 9.15. The minimum absolute atomic E-state index is 0.234. The number of carbonyl (C=O) groups excluding carboxylic acids is 2. The van der Waals surface area contributed by atoms with E-state index in [1.54, 1.807) is 11.9 Å². The Morgan fingerprint density at radius 3 is 2.48 bits per heavy atom. The van der Waals surface area contributed by atoms with E-state index < -0.39 is 16.3 Å². The molecule has 0 radical (unpaired) electrons. The van der Waals surface area contributed by atoms with E-state index in [0.29, 0.717) is 4.91 Å². The zero-order valence-corrected chi connectivity index (χ0v) is 18.4. The van der Waals surface area contributed by atoms with Gasteiger partial charge in [0.1, 0.15) is 4.91 Å². The maximum absolute atomic E-state index is 12.3. The second kappa shape index (κ2) is 7.76. The van der Waals surface area contributed by atoms with Crippen molar-refractivity contribution in [3.63, 3.8) is 0 Å². The van der Waals surface area contributed by atoms with Crippen LogP contribution in [0.2, 0.25) is 0 Å². The molecule has 0 saturated carbocycles. The third-order valence-electron chi connectivity index (χ3n) is 4.07. The number of hydrazone groups is 1. The molecule has 10 heteroatoms. The molecule has 0 amide bonds. The van der Waals surface area contributed by atoms with Crippen molar-refractivity contribution in [2.24, 2.45) is 5.10 Å². The topological polar surface area (TPSA) is 71.4 Å². The van der Waals surface area contributed by atoms with Crippen molar-refractivity contribution in [1.82, 2.24) is 4.90 Å². The lowest BCUT2D eigenvalue weighted by molar-refractivity contribution is -0.135. The number of anilines is 1. The molecule has 1 spiro atoms. The summed E-state index contributed by atoms with van der Waals surface area (Å²) in [5.74, 6) is -0.901. The van der Waals surface area contributed by atoms with E-state index in [1.807, 2.05) is 43.1 Å². The number of ether oxygens (including phenoxy) is 2. The van der Waals surface area contributed by atoms with E-state index >= 15 is 0 Å². The Morgan fingerprint density at radius 2 is 1.89 bits per heavy atom. The first-order valence-electron chi connectivity index (χ1n) is 8.06. The van der Waals surface area contributed by atoms with Crippen LogP contribution in [0.1, 0.15) is 13.8 Å². The number of hydrogen-bond acceptors (Lipinski definition) is 9. The average Bonchev–Trinajstić information content (AvgIpc) is 3.16. The van der Waals surface area contributed by atoms with E-state index in [-0.39, 0.29) is 11.7 Å². The molecule has 0 bridgehead atoms. The van der Waals surface area contributed by atoms with Crippen LogP contribution in [0.4, 0.5) is 5.69 Å². The van der Waals surface area contributed by atoms with Crippen LogP contribution < -0.4 is 5.01 Å². The first-order chi connectivity index (χ1) is 12.8. The molecule has 27 heavy (non-hydrogen) atoms. The minimum Gasteiger partial charge on any atom is -0.465 e. The molecule has 0 fully saturated rings. The lowest BCUT2D eigenvalue weighted by atomic mass is 10.3. The third-order valence-corrected chi connectivity index (χ3v) is 7.63. The van der Waals surface area contributed by atoms with Crippen molar-refractivity contribution in [2.45, 2.75) is 18.2 Å². The Balaban J connectivity index is 2.04. The van der Waals surface area contributed by atoms with Gasteiger partial charge in [-0.3, -0.25) is 0 Å². The lowest BCUT2D eigenvalue weighted by Gasteiger charge is -2.39. The number of benzene rings is 1. The van der Waals surface area contributed by atoms with Crippen molar-refractivity contribution in [2.75, 3.05) is 25.8 Å². The fraction of sp³-hybridized carbons (Fsp3) is 0.353. The fourth-order valence-electron chi connectivity index (χ4n) is 2.62. The summed E-state index contributed by atoms with van der Waals surface area (Å²) in [5, 5.41) is 6.50. The van der Waals surface area contributed by atoms with Gasteiger partial charge in [-0.15, -0.1) is 0 Å². The van der Waals surface area contributed by atoms with Gasteiger partial charge in [0, 0.05) is 17.2 Å². The summed E-state index contributed by atoms with van der Waals surface area (Å²) < 4.78 is 10.1. The largest absolute Gasteiger partial charge is 0.465 e. The number of allylic oxidation sites excluding steroid dienone is 1. The minimum atomic E-state index is -0.858. The highest BCUT2D eigenvalue weighted by atomic mass is 79.9. The van der Waals surface area contributed by atoms with Gasteiger partial charge in [-0.2, -0.15) is 5.10 Å². The molecule has 1 aromatic rings. The molecule has 1 aromatic carbocycles. The van der Waals surface area contributed by atoms with Gasteiger partial charge >= 0.3 is 11.9 Å². The number of rotatable bonds is 4. The molecule has 0 unspecified atom stereocenters. The van der Waals surface area contributed by atoms with Gasteiger partial charge in [-0.25, -0.2) is 14.6 Å². The Kier molecular flexibility index (Phi) is 5.78. The summed E-state index contributed by atoms with van der Waals surface area (Å²) >= 11 is 5.98. The number of methoxy groups -OCH3 is 1. The summed E-state index contributed by atoms with van der Waals surface area (Å²) in [7, 11) is 3.21. The number of thioether (sulfide) groups is 2. The van der Waals surface area contributed by atoms with Crippen molar-refractivity contribution in [3.8, 4) is 0 Å². The van der Waals surface area contributed by atoms with Crippen LogP contribution in [0.15, 0.2) is 44.4 Å². The van der Waals surface area contributed by atoms with Crippen LogP contribution in [0.25, 0.3) is 0 Å².